The van der Waals surface area contributed by atoms with Crippen molar-refractivity contribution >= 4 is 29.5 Å². The van der Waals surface area contributed by atoms with Crippen LogP contribution < -0.4 is 10.1 Å². The zero-order valence-corrected chi connectivity index (χ0v) is 13.1. The van der Waals surface area contributed by atoms with Crippen LogP contribution in [0, 0.1) is 0 Å². The zero-order valence-electron chi connectivity index (χ0n) is 12.3. The Labute approximate surface area is 137 Å². The summed E-state index contributed by atoms with van der Waals surface area (Å²) in [6.45, 7) is 0.460. The highest BCUT2D eigenvalue weighted by Gasteiger charge is 2.27. The first kappa shape index (κ1) is 15.7. The molecular weight excluding hydrogens is 320 g/mol. The lowest BCUT2D eigenvalue weighted by Crippen LogP contribution is -2.41. The normalized spacial score (nSPS) is 17.6. The third-order valence-corrected chi connectivity index (χ3v) is 4.70. The number of nitrogens with zero attached hydrogens (tertiary/aromatic N) is 1. The Hall–Kier alpha value is -2.22. The van der Waals surface area contributed by atoms with Crippen molar-refractivity contribution < 1.29 is 24.2 Å². The molecule has 0 aliphatic carbocycles. The third-order valence-electron chi connectivity index (χ3n) is 3.76. The number of aliphatic carboxylic acids is 1. The fourth-order valence-electron chi connectivity index (χ4n) is 2.59. The second-order valence-corrected chi connectivity index (χ2v) is 6.33. The van der Waals surface area contributed by atoms with Gasteiger partial charge in [0.2, 0.25) is 11.8 Å². The minimum Gasteiger partial charge on any atom is -0.493 e. The molecule has 1 saturated heterocycles. The number of hydrogen-bond acceptors (Lipinski definition) is 5. The smallest absolute Gasteiger partial charge is 0.330 e. The summed E-state index contributed by atoms with van der Waals surface area (Å²) < 4.78 is 5.39. The molecule has 2 aliphatic heterocycles. The lowest BCUT2D eigenvalue weighted by molar-refractivity contribution is -0.142. The van der Waals surface area contributed by atoms with Crippen LogP contribution in [-0.4, -0.2) is 52.6 Å². The molecule has 0 aromatic heterocycles. The Morgan fingerprint density at radius 2 is 2.26 bits per heavy atom. The number of fused-ring (bicyclic) bond motifs is 1. The topological polar surface area (TPSA) is 95.9 Å². The van der Waals surface area contributed by atoms with Gasteiger partial charge in [-0.25, -0.2) is 4.79 Å². The summed E-state index contributed by atoms with van der Waals surface area (Å²) in [4.78, 5) is 36.5. The molecule has 1 atom stereocenters. The largest absolute Gasteiger partial charge is 0.493 e. The van der Waals surface area contributed by atoms with Gasteiger partial charge in [-0.15, -0.1) is 11.8 Å². The molecule has 1 aromatic carbocycles. The van der Waals surface area contributed by atoms with Gasteiger partial charge in [0, 0.05) is 6.42 Å². The van der Waals surface area contributed by atoms with Crippen LogP contribution in [0.5, 0.6) is 5.75 Å². The standard InChI is InChI=1S/C15H16N2O5S/c18-12(6-17-8-23-7-13(17)19)16-14(15(20)21)10-1-2-11-9(5-10)3-4-22-11/h1-2,5,14H,3-4,6-8H2,(H,16,18)(H,20,21). The van der Waals surface area contributed by atoms with Crippen LogP contribution in [0.3, 0.4) is 0 Å². The zero-order chi connectivity index (χ0) is 16.4. The molecule has 8 heteroatoms. The van der Waals surface area contributed by atoms with E-state index in [0.717, 1.165) is 17.7 Å². The number of carboxylic acid groups (broad SMARTS) is 1. The molecule has 23 heavy (non-hydrogen) atoms. The predicted molar refractivity (Wildman–Crippen MR) is 83.2 cm³/mol. The van der Waals surface area contributed by atoms with Gasteiger partial charge in [0.15, 0.2) is 6.04 Å². The molecule has 7 nitrogen and oxygen atoms in total. The minimum atomic E-state index is -1.14. The lowest BCUT2D eigenvalue weighted by Gasteiger charge is -2.19. The second-order valence-electron chi connectivity index (χ2n) is 5.37. The number of rotatable bonds is 5. The van der Waals surface area contributed by atoms with Crippen LogP contribution in [0.15, 0.2) is 18.2 Å². The molecule has 0 radical (unpaired) electrons. The SMILES string of the molecule is O=C(CN1CSCC1=O)NC(C(=O)O)c1ccc2c(c1)CCO2. The van der Waals surface area contributed by atoms with E-state index in [1.165, 1.54) is 16.7 Å². The van der Waals surface area contributed by atoms with Gasteiger partial charge in [-0.05, 0) is 23.3 Å². The summed E-state index contributed by atoms with van der Waals surface area (Å²) in [5.74, 6) is -0.152. The van der Waals surface area contributed by atoms with Crippen LogP contribution in [0.25, 0.3) is 0 Å². The van der Waals surface area contributed by atoms with E-state index in [1.54, 1.807) is 18.2 Å². The van der Waals surface area contributed by atoms with Crippen molar-refractivity contribution in [2.45, 2.75) is 12.5 Å². The maximum Gasteiger partial charge on any atom is 0.330 e. The van der Waals surface area contributed by atoms with Gasteiger partial charge < -0.3 is 20.1 Å². The molecule has 2 N–H and O–H groups in total. The minimum absolute atomic E-state index is 0.105. The summed E-state index contributed by atoms with van der Waals surface area (Å²) in [6.07, 6.45) is 0.725. The van der Waals surface area contributed by atoms with Crippen molar-refractivity contribution in [3.8, 4) is 5.75 Å². The molecule has 1 fully saturated rings. The van der Waals surface area contributed by atoms with E-state index in [2.05, 4.69) is 5.32 Å². The molecule has 0 bridgehead atoms. The highest BCUT2D eigenvalue weighted by atomic mass is 32.2. The van der Waals surface area contributed by atoms with E-state index in [0.29, 0.717) is 23.8 Å². The molecule has 2 amide bonds. The molecule has 1 unspecified atom stereocenters. The highest BCUT2D eigenvalue weighted by Crippen LogP contribution is 2.28. The Bertz CT molecular complexity index is 663. The van der Waals surface area contributed by atoms with Gasteiger partial charge in [-0.2, -0.15) is 0 Å². The number of carbonyl (C=O) groups excluding carboxylic acids is 2. The van der Waals surface area contributed by atoms with E-state index in [-0.39, 0.29) is 12.5 Å². The van der Waals surface area contributed by atoms with Crippen LogP contribution in [0.1, 0.15) is 17.2 Å². The summed E-state index contributed by atoms with van der Waals surface area (Å²) in [6, 6.07) is 3.97. The Morgan fingerprint density at radius 1 is 1.43 bits per heavy atom. The number of benzene rings is 1. The molecule has 1 aromatic rings. The van der Waals surface area contributed by atoms with Crippen LogP contribution in [-0.2, 0) is 20.8 Å². The number of ether oxygens (including phenoxy) is 1. The van der Waals surface area contributed by atoms with E-state index in [1.807, 2.05) is 0 Å². The number of carboxylic acids is 1. The summed E-state index contributed by atoms with van der Waals surface area (Å²) in [7, 11) is 0. The molecular formula is C15H16N2O5S. The van der Waals surface area contributed by atoms with Crippen molar-refractivity contribution in [3.63, 3.8) is 0 Å². The summed E-state index contributed by atoms with van der Waals surface area (Å²) >= 11 is 1.43. The summed E-state index contributed by atoms with van der Waals surface area (Å²) in [5.41, 5.74) is 1.44. The van der Waals surface area contributed by atoms with E-state index >= 15 is 0 Å². The summed E-state index contributed by atoms with van der Waals surface area (Å²) in [5, 5.41) is 11.9. The molecule has 0 spiro atoms. The third kappa shape index (κ3) is 3.42. The lowest BCUT2D eigenvalue weighted by atomic mass is 10.0. The number of carbonyl (C=O) groups is 3. The van der Waals surface area contributed by atoms with Gasteiger partial charge in [-0.3, -0.25) is 9.59 Å². The van der Waals surface area contributed by atoms with Gasteiger partial charge in [0.1, 0.15) is 12.3 Å². The van der Waals surface area contributed by atoms with Gasteiger partial charge >= 0.3 is 5.97 Å². The quantitative estimate of drug-likeness (QED) is 0.808. The molecule has 122 valence electrons. The maximum atomic E-state index is 12.1. The van der Waals surface area contributed by atoms with Crippen molar-refractivity contribution in [2.75, 3.05) is 24.8 Å². The second kappa shape index (κ2) is 6.49. The fourth-order valence-corrected chi connectivity index (χ4v) is 3.50. The monoisotopic (exact) mass is 336 g/mol. The van der Waals surface area contributed by atoms with Crippen molar-refractivity contribution in [3.05, 3.63) is 29.3 Å². The Kier molecular flexibility index (Phi) is 4.42. The fraction of sp³-hybridized carbons (Fsp3) is 0.400. The molecule has 2 heterocycles. The van der Waals surface area contributed by atoms with Crippen molar-refractivity contribution in [1.82, 2.24) is 10.2 Å². The number of hydrogen-bond donors (Lipinski definition) is 2. The average Bonchev–Trinajstić information content (AvgIpc) is 3.13. The first-order chi connectivity index (χ1) is 11.0. The van der Waals surface area contributed by atoms with Crippen molar-refractivity contribution in [1.29, 1.82) is 0 Å². The number of thioether (sulfide) groups is 1. The average molecular weight is 336 g/mol. The highest BCUT2D eigenvalue weighted by molar-refractivity contribution is 8.00. The van der Waals surface area contributed by atoms with Crippen LogP contribution in [0.2, 0.25) is 0 Å². The van der Waals surface area contributed by atoms with E-state index in [9.17, 15) is 19.5 Å². The van der Waals surface area contributed by atoms with Crippen molar-refractivity contribution in [2.24, 2.45) is 0 Å². The first-order valence-electron chi connectivity index (χ1n) is 7.18. The number of nitrogens with one attached hydrogen (secondary N) is 1. The molecule has 3 rings (SSSR count). The molecule has 2 aliphatic rings. The van der Waals surface area contributed by atoms with Gasteiger partial charge in [0.05, 0.1) is 18.2 Å². The van der Waals surface area contributed by atoms with Gasteiger partial charge in [-0.1, -0.05) is 6.07 Å². The van der Waals surface area contributed by atoms with Crippen LogP contribution >= 0.6 is 11.8 Å². The first-order valence-corrected chi connectivity index (χ1v) is 8.33. The van der Waals surface area contributed by atoms with Gasteiger partial charge in [0.25, 0.3) is 0 Å². The molecule has 0 saturated carbocycles. The number of amides is 2. The van der Waals surface area contributed by atoms with E-state index < -0.39 is 17.9 Å². The van der Waals surface area contributed by atoms with E-state index in [4.69, 9.17) is 4.74 Å². The predicted octanol–water partition coefficient (Wildman–Crippen LogP) is 0.396. The van der Waals surface area contributed by atoms with Crippen LogP contribution in [0.4, 0.5) is 0 Å². The Balaban J connectivity index is 1.70. The Morgan fingerprint density at radius 3 is 2.96 bits per heavy atom. The maximum absolute atomic E-state index is 12.1.